The number of rotatable bonds is 5. The van der Waals surface area contributed by atoms with Crippen LogP contribution in [0.1, 0.15) is 21.7 Å². The number of hydrogen-bond donors (Lipinski definition) is 0. The van der Waals surface area contributed by atoms with Crippen molar-refractivity contribution in [2.45, 2.75) is 13.5 Å². The van der Waals surface area contributed by atoms with Crippen LogP contribution < -0.4 is 4.90 Å². The largest absolute Gasteiger partial charge is 0.467 e. The Bertz CT molecular complexity index is 1090. The van der Waals surface area contributed by atoms with Crippen molar-refractivity contribution < 1.29 is 9.21 Å². The van der Waals surface area contributed by atoms with Gasteiger partial charge in [0.15, 0.2) is 5.13 Å². The number of carbonyl (C=O) groups is 1. The minimum absolute atomic E-state index is 0.216. The average Bonchev–Trinajstić information content (AvgIpc) is 3.39. The van der Waals surface area contributed by atoms with E-state index in [0.29, 0.717) is 21.5 Å². The van der Waals surface area contributed by atoms with E-state index in [1.807, 2.05) is 42.6 Å². The number of hydrogen-bond acceptors (Lipinski definition) is 4. The van der Waals surface area contributed by atoms with Crippen LogP contribution >= 0.6 is 22.9 Å². The molecular weight excluding hydrogens is 392 g/mol. The molecule has 0 spiro atoms. The van der Waals surface area contributed by atoms with Crippen LogP contribution in [0.5, 0.6) is 0 Å². The molecule has 0 atom stereocenters. The molecule has 0 saturated carbocycles. The van der Waals surface area contributed by atoms with Gasteiger partial charge in [0.05, 0.1) is 29.1 Å². The quantitative estimate of drug-likeness (QED) is 0.394. The van der Waals surface area contributed by atoms with E-state index < -0.39 is 0 Å². The van der Waals surface area contributed by atoms with Crippen LogP contribution in [-0.2, 0) is 6.54 Å². The van der Waals surface area contributed by atoms with E-state index in [1.54, 1.807) is 41.5 Å². The SMILES string of the molecule is Cc1ccc(-c2csc(N(Cc3ccco3)C(=O)c3ccccc3Cl)n2)cc1. The Hall–Kier alpha value is -2.89. The molecule has 140 valence electrons. The summed E-state index contributed by atoms with van der Waals surface area (Å²) >= 11 is 7.68. The summed E-state index contributed by atoms with van der Waals surface area (Å²) < 4.78 is 5.46. The molecule has 0 aliphatic carbocycles. The maximum Gasteiger partial charge on any atom is 0.262 e. The van der Waals surface area contributed by atoms with Crippen LogP contribution in [0, 0.1) is 6.92 Å². The second-order valence-corrected chi connectivity index (χ2v) is 7.58. The van der Waals surface area contributed by atoms with Gasteiger partial charge in [0.2, 0.25) is 0 Å². The highest BCUT2D eigenvalue weighted by atomic mass is 35.5. The molecule has 6 heteroatoms. The first kappa shape index (κ1) is 18.5. The van der Waals surface area contributed by atoms with Crippen LogP contribution in [0.25, 0.3) is 11.3 Å². The van der Waals surface area contributed by atoms with Gasteiger partial charge in [0.1, 0.15) is 5.76 Å². The van der Waals surface area contributed by atoms with Gasteiger partial charge in [-0.05, 0) is 31.2 Å². The Morgan fingerprint density at radius 1 is 1.11 bits per heavy atom. The van der Waals surface area contributed by atoms with E-state index in [4.69, 9.17) is 21.0 Å². The third-order valence-electron chi connectivity index (χ3n) is 4.31. The maximum absolute atomic E-state index is 13.2. The normalized spacial score (nSPS) is 10.8. The van der Waals surface area contributed by atoms with E-state index in [9.17, 15) is 4.79 Å². The number of benzene rings is 2. The zero-order valence-electron chi connectivity index (χ0n) is 15.1. The summed E-state index contributed by atoms with van der Waals surface area (Å²) in [4.78, 5) is 19.6. The van der Waals surface area contributed by atoms with Crippen molar-refractivity contribution in [3.63, 3.8) is 0 Å². The Balaban J connectivity index is 1.70. The molecule has 0 saturated heterocycles. The summed E-state index contributed by atoms with van der Waals surface area (Å²) in [5.41, 5.74) is 3.46. The first-order valence-corrected chi connectivity index (χ1v) is 9.99. The van der Waals surface area contributed by atoms with Crippen molar-refractivity contribution in [1.82, 2.24) is 4.98 Å². The van der Waals surface area contributed by atoms with Crippen molar-refractivity contribution in [3.8, 4) is 11.3 Å². The Labute approximate surface area is 172 Å². The molecule has 0 N–H and O–H groups in total. The van der Waals surface area contributed by atoms with E-state index in [-0.39, 0.29) is 12.5 Å². The van der Waals surface area contributed by atoms with E-state index >= 15 is 0 Å². The zero-order chi connectivity index (χ0) is 19.5. The molecule has 0 fully saturated rings. The minimum atomic E-state index is -0.216. The standard InChI is InChI=1S/C22H17ClN2O2S/c1-15-8-10-16(11-9-15)20-14-28-22(24-20)25(13-17-5-4-12-27-17)21(26)18-6-2-3-7-19(18)23/h2-12,14H,13H2,1H3. The number of carbonyl (C=O) groups excluding carboxylic acids is 1. The Morgan fingerprint density at radius 2 is 1.89 bits per heavy atom. The molecule has 2 aromatic heterocycles. The number of nitrogens with zero attached hydrogens (tertiary/aromatic N) is 2. The van der Waals surface area contributed by atoms with Gasteiger partial charge in [-0.25, -0.2) is 4.98 Å². The van der Waals surface area contributed by atoms with Gasteiger partial charge in [-0.1, -0.05) is 53.6 Å². The van der Waals surface area contributed by atoms with Gasteiger partial charge in [-0.3, -0.25) is 9.69 Å². The molecule has 0 bridgehead atoms. The van der Waals surface area contributed by atoms with Gasteiger partial charge in [-0.2, -0.15) is 0 Å². The molecule has 0 aliphatic heterocycles. The van der Waals surface area contributed by atoms with Crippen LogP contribution in [0.3, 0.4) is 0 Å². The third kappa shape index (κ3) is 3.86. The van der Waals surface area contributed by atoms with E-state index in [1.165, 1.54) is 16.9 Å². The fourth-order valence-corrected chi connectivity index (χ4v) is 3.86. The molecular formula is C22H17ClN2O2S. The number of anilines is 1. The van der Waals surface area contributed by atoms with E-state index in [2.05, 4.69) is 0 Å². The molecule has 28 heavy (non-hydrogen) atoms. The number of aromatic nitrogens is 1. The lowest BCUT2D eigenvalue weighted by Crippen LogP contribution is -2.30. The maximum atomic E-state index is 13.2. The summed E-state index contributed by atoms with van der Waals surface area (Å²) in [5, 5.41) is 2.96. The summed E-state index contributed by atoms with van der Waals surface area (Å²) in [6, 6.07) is 18.8. The predicted molar refractivity (Wildman–Crippen MR) is 113 cm³/mol. The highest BCUT2D eigenvalue weighted by Gasteiger charge is 2.24. The highest BCUT2D eigenvalue weighted by Crippen LogP contribution is 2.30. The second kappa shape index (κ2) is 8.00. The first-order valence-electron chi connectivity index (χ1n) is 8.73. The van der Waals surface area contributed by atoms with Gasteiger partial charge in [0, 0.05) is 10.9 Å². The number of amides is 1. The molecule has 4 rings (SSSR count). The van der Waals surface area contributed by atoms with Crippen LogP contribution in [0.4, 0.5) is 5.13 Å². The summed E-state index contributed by atoms with van der Waals surface area (Å²) in [6.45, 7) is 2.32. The highest BCUT2D eigenvalue weighted by molar-refractivity contribution is 7.14. The van der Waals surface area contributed by atoms with Crippen LogP contribution in [0.15, 0.2) is 76.7 Å². The third-order valence-corrected chi connectivity index (χ3v) is 5.51. The van der Waals surface area contributed by atoms with Crippen molar-refractivity contribution in [3.05, 3.63) is 94.2 Å². The Morgan fingerprint density at radius 3 is 2.61 bits per heavy atom. The summed E-state index contributed by atoms with van der Waals surface area (Å²) in [6.07, 6.45) is 1.59. The molecule has 0 aliphatic rings. The first-order chi connectivity index (χ1) is 13.6. The molecule has 4 aromatic rings. The number of halogens is 1. The zero-order valence-corrected chi connectivity index (χ0v) is 16.7. The van der Waals surface area contributed by atoms with Gasteiger partial charge in [0.25, 0.3) is 5.91 Å². The van der Waals surface area contributed by atoms with Crippen LogP contribution in [-0.4, -0.2) is 10.9 Å². The number of furan rings is 1. The predicted octanol–water partition coefficient (Wildman–Crippen LogP) is 6.21. The smallest absolute Gasteiger partial charge is 0.262 e. The van der Waals surface area contributed by atoms with Gasteiger partial charge >= 0.3 is 0 Å². The van der Waals surface area contributed by atoms with Crippen LogP contribution in [0.2, 0.25) is 5.02 Å². The minimum Gasteiger partial charge on any atom is -0.467 e. The van der Waals surface area contributed by atoms with Gasteiger partial charge in [-0.15, -0.1) is 11.3 Å². The summed E-state index contributed by atoms with van der Waals surface area (Å²) in [7, 11) is 0. The number of thiazole rings is 1. The number of aryl methyl sites for hydroxylation is 1. The lowest BCUT2D eigenvalue weighted by atomic mass is 10.1. The molecule has 2 aromatic carbocycles. The van der Waals surface area contributed by atoms with Crippen molar-refractivity contribution >= 4 is 34.0 Å². The second-order valence-electron chi connectivity index (χ2n) is 6.33. The van der Waals surface area contributed by atoms with Gasteiger partial charge < -0.3 is 4.42 Å². The summed E-state index contributed by atoms with van der Waals surface area (Å²) in [5.74, 6) is 0.458. The fraction of sp³-hybridized carbons (Fsp3) is 0.0909. The van der Waals surface area contributed by atoms with Crippen molar-refractivity contribution in [2.24, 2.45) is 0 Å². The topological polar surface area (TPSA) is 46.3 Å². The fourth-order valence-electron chi connectivity index (χ4n) is 2.81. The molecule has 2 heterocycles. The lowest BCUT2D eigenvalue weighted by molar-refractivity contribution is 0.0983. The monoisotopic (exact) mass is 408 g/mol. The molecule has 4 nitrogen and oxygen atoms in total. The van der Waals surface area contributed by atoms with E-state index in [0.717, 1.165) is 11.3 Å². The Kier molecular flexibility index (Phi) is 5.28. The molecule has 1 amide bonds. The lowest BCUT2D eigenvalue weighted by Gasteiger charge is -2.19. The van der Waals surface area contributed by atoms with Crippen molar-refractivity contribution in [1.29, 1.82) is 0 Å². The molecule has 0 radical (unpaired) electrons. The molecule has 0 unspecified atom stereocenters. The average molecular weight is 409 g/mol. The van der Waals surface area contributed by atoms with Crippen molar-refractivity contribution in [2.75, 3.05) is 4.90 Å².